The SMILES string of the molecule is CN1/C(=C\C(=O)COC(=O)CN2C(=O)c3ccccc3C2=O)C(C)(C)c2ccccc21. The fourth-order valence-electron chi connectivity index (χ4n) is 4.16. The Kier molecular flexibility index (Phi) is 4.97. The molecule has 31 heavy (non-hydrogen) atoms. The molecule has 2 aromatic carbocycles. The van der Waals surface area contributed by atoms with Crippen LogP contribution in [-0.4, -0.2) is 48.7 Å². The first kappa shape index (κ1) is 20.5. The first-order valence-electron chi connectivity index (χ1n) is 9.91. The number of hydrogen-bond donors (Lipinski definition) is 0. The van der Waals surface area contributed by atoms with Crippen molar-refractivity contribution in [3.63, 3.8) is 0 Å². The fraction of sp³-hybridized carbons (Fsp3) is 0.250. The molecule has 2 aliphatic heterocycles. The number of hydrogen-bond acceptors (Lipinski definition) is 6. The third kappa shape index (κ3) is 3.42. The van der Waals surface area contributed by atoms with Crippen molar-refractivity contribution in [1.82, 2.24) is 4.90 Å². The van der Waals surface area contributed by atoms with Gasteiger partial charge in [0.1, 0.15) is 6.54 Å². The monoisotopic (exact) mass is 418 g/mol. The third-order valence-corrected chi connectivity index (χ3v) is 5.78. The zero-order valence-electron chi connectivity index (χ0n) is 17.5. The first-order chi connectivity index (χ1) is 14.7. The van der Waals surface area contributed by atoms with Gasteiger partial charge in [-0.05, 0) is 23.8 Å². The van der Waals surface area contributed by atoms with E-state index in [9.17, 15) is 19.2 Å². The van der Waals surface area contributed by atoms with Crippen molar-refractivity contribution >= 4 is 29.3 Å². The molecule has 2 aromatic rings. The van der Waals surface area contributed by atoms with E-state index >= 15 is 0 Å². The summed E-state index contributed by atoms with van der Waals surface area (Å²) in [6.45, 7) is 3.06. The number of para-hydroxylation sites is 1. The van der Waals surface area contributed by atoms with Gasteiger partial charge in [-0.25, -0.2) is 0 Å². The Hall–Kier alpha value is -3.74. The molecule has 0 atom stereocenters. The number of amides is 2. The molecule has 2 amide bonds. The summed E-state index contributed by atoms with van der Waals surface area (Å²) < 4.78 is 5.05. The highest BCUT2D eigenvalue weighted by Gasteiger charge is 2.39. The second-order valence-corrected chi connectivity index (χ2v) is 8.10. The molecule has 4 rings (SSSR count). The largest absolute Gasteiger partial charge is 0.456 e. The molecule has 0 aliphatic carbocycles. The van der Waals surface area contributed by atoms with Crippen LogP contribution < -0.4 is 4.90 Å². The molecule has 7 nitrogen and oxygen atoms in total. The standard InChI is InChI=1S/C24H22N2O5/c1-24(2)18-10-6-7-11-19(18)25(3)20(24)12-15(27)14-31-21(28)13-26-22(29)16-8-4-5-9-17(16)23(26)30/h4-12H,13-14H2,1-3H3/b20-12-. The average Bonchev–Trinajstić information content (AvgIpc) is 3.11. The van der Waals surface area contributed by atoms with Crippen molar-refractivity contribution in [2.45, 2.75) is 19.3 Å². The zero-order chi connectivity index (χ0) is 22.3. The summed E-state index contributed by atoms with van der Waals surface area (Å²) in [5, 5.41) is 0. The van der Waals surface area contributed by atoms with Crippen LogP contribution in [0.3, 0.4) is 0 Å². The van der Waals surface area contributed by atoms with Gasteiger partial charge in [0, 0.05) is 29.9 Å². The van der Waals surface area contributed by atoms with E-state index in [-0.39, 0.29) is 22.3 Å². The maximum Gasteiger partial charge on any atom is 0.326 e. The van der Waals surface area contributed by atoms with Crippen LogP contribution >= 0.6 is 0 Å². The molecule has 0 unspecified atom stereocenters. The zero-order valence-corrected chi connectivity index (χ0v) is 17.5. The van der Waals surface area contributed by atoms with Crippen molar-refractivity contribution < 1.29 is 23.9 Å². The number of esters is 1. The molecule has 2 heterocycles. The van der Waals surface area contributed by atoms with Gasteiger partial charge >= 0.3 is 5.97 Å². The Labute approximate surface area is 179 Å². The molecule has 7 heteroatoms. The van der Waals surface area contributed by atoms with Gasteiger partial charge in [0.05, 0.1) is 11.1 Å². The summed E-state index contributed by atoms with van der Waals surface area (Å²) in [6.07, 6.45) is 1.48. The highest BCUT2D eigenvalue weighted by Crippen LogP contribution is 2.46. The predicted octanol–water partition coefficient (Wildman–Crippen LogP) is 2.71. The van der Waals surface area contributed by atoms with Crippen LogP contribution in [0.4, 0.5) is 5.69 Å². The van der Waals surface area contributed by atoms with Gasteiger partial charge in [-0.15, -0.1) is 0 Å². The van der Waals surface area contributed by atoms with E-state index in [0.717, 1.165) is 21.8 Å². The van der Waals surface area contributed by atoms with E-state index in [0.29, 0.717) is 0 Å². The Morgan fingerprint density at radius 1 is 0.968 bits per heavy atom. The Morgan fingerprint density at radius 3 is 2.16 bits per heavy atom. The van der Waals surface area contributed by atoms with Crippen LogP contribution in [0, 0.1) is 0 Å². The van der Waals surface area contributed by atoms with E-state index < -0.39 is 30.9 Å². The average molecular weight is 418 g/mol. The number of benzene rings is 2. The molecule has 158 valence electrons. The number of allylic oxidation sites excluding steroid dienone is 1. The molecular formula is C24H22N2O5. The number of ketones is 1. The Morgan fingerprint density at radius 2 is 1.55 bits per heavy atom. The smallest absolute Gasteiger partial charge is 0.326 e. The van der Waals surface area contributed by atoms with Crippen molar-refractivity contribution in [3.8, 4) is 0 Å². The van der Waals surface area contributed by atoms with Crippen molar-refractivity contribution in [3.05, 3.63) is 77.0 Å². The van der Waals surface area contributed by atoms with E-state index in [1.54, 1.807) is 12.1 Å². The van der Waals surface area contributed by atoms with E-state index in [1.165, 1.54) is 18.2 Å². The van der Waals surface area contributed by atoms with Crippen LogP contribution in [0.1, 0.15) is 40.1 Å². The number of rotatable bonds is 5. The number of carbonyl (C=O) groups is 4. The molecule has 0 saturated heterocycles. The second kappa shape index (κ2) is 7.50. The predicted molar refractivity (Wildman–Crippen MR) is 114 cm³/mol. The van der Waals surface area contributed by atoms with E-state index in [4.69, 9.17) is 4.74 Å². The molecule has 0 radical (unpaired) electrons. The summed E-state index contributed by atoms with van der Waals surface area (Å²) in [5.74, 6) is -2.28. The van der Waals surface area contributed by atoms with Crippen molar-refractivity contribution in [1.29, 1.82) is 0 Å². The van der Waals surface area contributed by atoms with E-state index in [1.807, 2.05) is 50.1 Å². The molecule has 0 bridgehead atoms. The van der Waals surface area contributed by atoms with Gasteiger partial charge in [-0.2, -0.15) is 0 Å². The summed E-state index contributed by atoms with van der Waals surface area (Å²) >= 11 is 0. The topological polar surface area (TPSA) is 84.0 Å². The minimum Gasteiger partial charge on any atom is -0.456 e. The summed E-state index contributed by atoms with van der Waals surface area (Å²) in [5.41, 5.74) is 3.08. The molecule has 0 aromatic heterocycles. The maximum atomic E-state index is 12.5. The Balaban J connectivity index is 1.39. The molecule has 0 fully saturated rings. The lowest BCUT2D eigenvalue weighted by molar-refractivity contribution is -0.147. The van der Waals surface area contributed by atoms with Crippen LogP contribution in [0.25, 0.3) is 0 Å². The number of nitrogens with zero attached hydrogens (tertiary/aromatic N) is 2. The fourth-order valence-corrected chi connectivity index (χ4v) is 4.16. The quantitative estimate of drug-likeness (QED) is 0.422. The van der Waals surface area contributed by atoms with Gasteiger partial charge in [-0.1, -0.05) is 44.2 Å². The first-order valence-corrected chi connectivity index (χ1v) is 9.91. The minimum atomic E-state index is -0.816. The highest BCUT2D eigenvalue weighted by atomic mass is 16.5. The van der Waals surface area contributed by atoms with Gasteiger partial charge in [0.15, 0.2) is 12.4 Å². The number of anilines is 1. The third-order valence-electron chi connectivity index (χ3n) is 5.78. The van der Waals surface area contributed by atoms with Crippen LogP contribution in [-0.2, 0) is 19.7 Å². The van der Waals surface area contributed by atoms with Gasteiger partial charge in [0.2, 0.25) is 0 Å². The van der Waals surface area contributed by atoms with Gasteiger partial charge < -0.3 is 9.64 Å². The Bertz CT molecular complexity index is 1110. The number of carbonyl (C=O) groups excluding carboxylic acids is 4. The summed E-state index contributed by atoms with van der Waals surface area (Å²) in [7, 11) is 1.89. The molecule has 2 aliphatic rings. The van der Waals surface area contributed by atoms with Crippen molar-refractivity contribution in [2.24, 2.45) is 0 Å². The van der Waals surface area contributed by atoms with Crippen LogP contribution in [0.5, 0.6) is 0 Å². The number of fused-ring (bicyclic) bond motifs is 2. The summed E-state index contributed by atoms with van der Waals surface area (Å²) in [4.78, 5) is 52.2. The molecule has 0 spiro atoms. The molecule has 0 N–H and O–H groups in total. The lowest BCUT2D eigenvalue weighted by atomic mass is 9.83. The highest BCUT2D eigenvalue weighted by molar-refractivity contribution is 6.22. The number of imide groups is 1. The summed E-state index contributed by atoms with van der Waals surface area (Å²) in [6, 6.07) is 14.3. The second-order valence-electron chi connectivity index (χ2n) is 8.10. The molecular weight excluding hydrogens is 396 g/mol. The number of ether oxygens (including phenoxy) is 1. The van der Waals surface area contributed by atoms with E-state index in [2.05, 4.69) is 0 Å². The van der Waals surface area contributed by atoms with Gasteiger partial charge in [0.25, 0.3) is 11.8 Å². The van der Waals surface area contributed by atoms with Crippen LogP contribution in [0.15, 0.2) is 60.3 Å². The lowest BCUT2D eigenvalue weighted by Crippen LogP contribution is -2.36. The number of likely N-dealkylation sites (N-methyl/N-ethyl adjacent to an activating group) is 1. The van der Waals surface area contributed by atoms with Gasteiger partial charge in [-0.3, -0.25) is 24.1 Å². The normalized spacial score (nSPS) is 17.7. The van der Waals surface area contributed by atoms with Crippen molar-refractivity contribution in [2.75, 3.05) is 25.1 Å². The minimum absolute atomic E-state index is 0.257. The molecule has 0 saturated carbocycles. The van der Waals surface area contributed by atoms with Crippen LogP contribution in [0.2, 0.25) is 0 Å². The lowest BCUT2D eigenvalue weighted by Gasteiger charge is -2.23. The maximum absolute atomic E-state index is 12.5.